The molecular weight excluding hydrogens is 148 g/mol. The number of nitrogens with zero attached hydrogens (tertiary/aromatic N) is 1. The molecule has 68 valence electrons. The maximum atomic E-state index is 5.23. The summed E-state index contributed by atoms with van der Waals surface area (Å²) in [5, 5.41) is 3.39. The molecule has 2 nitrogen and oxygen atoms in total. The van der Waals surface area contributed by atoms with Gasteiger partial charge in [0.25, 0.3) is 0 Å². The van der Waals surface area contributed by atoms with Gasteiger partial charge in [-0.05, 0) is 32.0 Å². The van der Waals surface area contributed by atoms with E-state index in [0.717, 1.165) is 38.0 Å². The van der Waals surface area contributed by atoms with Gasteiger partial charge in [-0.15, -0.1) is 6.42 Å². The lowest BCUT2D eigenvalue weighted by molar-refractivity contribution is 0.282. The molecule has 1 rings (SSSR count). The van der Waals surface area contributed by atoms with Crippen molar-refractivity contribution in [2.24, 2.45) is 11.8 Å². The largest absolute Gasteiger partial charge is 0.316 e. The molecule has 0 unspecified atom stereocenters. The van der Waals surface area contributed by atoms with Gasteiger partial charge in [0.05, 0.1) is 6.54 Å². The van der Waals surface area contributed by atoms with Crippen molar-refractivity contribution in [3.8, 4) is 12.3 Å². The van der Waals surface area contributed by atoms with Crippen molar-refractivity contribution in [3.63, 3.8) is 0 Å². The van der Waals surface area contributed by atoms with Crippen LogP contribution in [-0.2, 0) is 0 Å². The molecule has 12 heavy (non-hydrogen) atoms. The zero-order valence-electron chi connectivity index (χ0n) is 8.01. The first-order valence-electron chi connectivity index (χ1n) is 4.56. The van der Waals surface area contributed by atoms with Gasteiger partial charge in [0.15, 0.2) is 0 Å². The Morgan fingerprint density at radius 1 is 1.58 bits per heavy atom. The van der Waals surface area contributed by atoms with Gasteiger partial charge >= 0.3 is 0 Å². The van der Waals surface area contributed by atoms with Gasteiger partial charge in [-0.3, -0.25) is 4.90 Å². The molecule has 0 amide bonds. The monoisotopic (exact) mass is 166 g/mol. The quantitative estimate of drug-likeness (QED) is 0.611. The van der Waals surface area contributed by atoms with Crippen LogP contribution in [0.2, 0.25) is 0 Å². The molecule has 0 aromatic carbocycles. The van der Waals surface area contributed by atoms with E-state index in [1.54, 1.807) is 0 Å². The van der Waals surface area contributed by atoms with Crippen LogP contribution in [0.4, 0.5) is 0 Å². The van der Waals surface area contributed by atoms with E-state index in [0.29, 0.717) is 0 Å². The highest BCUT2D eigenvalue weighted by Crippen LogP contribution is 2.16. The lowest BCUT2D eigenvalue weighted by Gasteiger charge is -2.20. The van der Waals surface area contributed by atoms with Gasteiger partial charge in [0.2, 0.25) is 0 Å². The van der Waals surface area contributed by atoms with Crippen molar-refractivity contribution in [1.82, 2.24) is 10.2 Å². The number of nitrogens with one attached hydrogen (secondary N) is 1. The smallest absolute Gasteiger partial charge is 0.0596 e. The molecule has 1 aliphatic rings. The van der Waals surface area contributed by atoms with Crippen LogP contribution >= 0.6 is 0 Å². The topological polar surface area (TPSA) is 15.3 Å². The maximum absolute atomic E-state index is 5.23. The van der Waals surface area contributed by atoms with Crippen molar-refractivity contribution in [3.05, 3.63) is 0 Å². The Morgan fingerprint density at radius 3 is 2.83 bits per heavy atom. The lowest BCUT2D eigenvalue weighted by Crippen LogP contribution is -2.29. The summed E-state index contributed by atoms with van der Waals surface area (Å²) in [5.41, 5.74) is 0. The normalized spacial score (nSPS) is 29.2. The molecule has 1 saturated heterocycles. The third kappa shape index (κ3) is 2.51. The Labute approximate surface area is 75.3 Å². The molecule has 1 heterocycles. The first kappa shape index (κ1) is 9.57. The predicted molar refractivity (Wildman–Crippen MR) is 51.9 cm³/mol. The Bertz CT molecular complexity index is 171. The maximum Gasteiger partial charge on any atom is 0.0596 e. The molecule has 1 fully saturated rings. The van der Waals surface area contributed by atoms with Gasteiger partial charge in [0.1, 0.15) is 0 Å². The summed E-state index contributed by atoms with van der Waals surface area (Å²) >= 11 is 0. The summed E-state index contributed by atoms with van der Waals surface area (Å²) in [6, 6.07) is 0. The molecule has 0 bridgehead atoms. The lowest BCUT2D eigenvalue weighted by atomic mass is 9.98. The van der Waals surface area contributed by atoms with Gasteiger partial charge in [-0.25, -0.2) is 0 Å². The summed E-state index contributed by atoms with van der Waals surface area (Å²) in [5.74, 6) is 4.24. The number of rotatable bonds is 3. The van der Waals surface area contributed by atoms with Crippen LogP contribution < -0.4 is 5.32 Å². The summed E-state index contributed by atoms with van der Waals surface area (Å²) in [4.78, 5) is 2.22. The van der Waals surface area contributed by atoms with Crippen molar-refractivity contribution in [2.75, 3.05) is 33.2 Å². The fraction of sp³-hybridized carbons (Fsp3) is 0.800. The minimum atomic E-state index is 0.767. The average molecular weight is 166 g/mol. The summed E-state index contributed by atoms with van der Waals surface area (Å²) in [6.45, 7) is 6.50. The zero-order valence-corrected chi connectivity index (χ0v) is 8.01. The predicted octanol–water partition coefficient (Wildman–Crippen LogP) is 0.407. The fourth-order valence-corrected chi connectivity index (χ4v) is 1.73. The molecule has 0 aromatic heterocycles. The fourth-order valence-electron chi connectivity index (χ4n) is 1.73. The van der Waals surface area contributed by atoms with E-state index in [1.807, 2.05) is 0 Å². The van der Waals surface area contributed by atoms with Crippen LogP contribution in [0.15, 0.2) is 0 Å². The van der Waals surface area contributed by atoms with E-state index < -0.39 is 0 Å². The van der Waals surface area contributed by atoms with Crippen molar-refractivity contribution in [2.45, 2.75) is 6.92 Å². The van der Waals surface area contributed by atoms with Gasteiger partial charge in [-0.2, -0.15) is 0 Å². The summed E-state index contributed by atoms with van der Waals surface area (Å²) in [6.07, 6.45) is 5.23. The van der Waals surface area contributed by atoms with Gasteiger partial charge < -0.3 is 5.32 Å². The van der Waals surface area contributed by atoms with E-state index in [-0.39, 0.29) is 0 Å². The van der Waals surface area contributed by atoms with Crippen LogP contribution in [0.1, 0.15) is 6.92 Å². The molecule has 1 N–H and O–H groups in total. The first-order valence-corrected chi connectivity index (χ1v) is 4.56. The van der Waals surface area contributed by atoms with Crippen LogP contribution in [-0.4, -0.2) is 38.1 Å². The molecule has 0 aromatic rings. The molecule has 0 spiro atoms. The van der Waals surface area contributed by atoms with Gasteiger partial charge in [0, 0.05) is 6.54 Å². The van der Waals surface area contributed by atoms with Crippen molar-refractivity contribution < 1.29 is 0 Å². The minimum Gasteiger partial charge on any atom is -0.316 e. The van der Waals surface area contributed by atoms with E-state index in [4.69, 9.17) is 6.42 Å². The van der Waals surface area contributed by atoms with E-state index in [1.165, 1.54) is 0 Å². The van der Waals surface area contributed by atoms with E-state index in [9.17, 15) is 0 Å². The number of hydrogen-bond acceptors (Lipinski definition) is 2. The second kappa shape index (κ2) is 4.49. The highest BCUT2D eigenvalue weighted by atomic mass is 15.1. The van der Waals surface area contributed by atoms with Crippen LogP contribution in [0, 0.1) is 24.2 Å². The van der Waals surface area contributed by atoms with Crippen LogP contribution in [0.3, 0.4) is 0 Å². The highest BCUT2D eigenvalue weighted by molar-refractivity contribution is 4.89. The molecule has 0 radical (unpaired) electrons. The molecule has 2 heteroatoms. The highest BCUT2D eigenvalue weighted by Gasteiger charge is 2.23. The van der Waals surface area contributed by atoms with Gasteiger partial charge in [-0.1, -0.05) is 12.8 Å². The standard InChI is InChI=1S/C10H18N2/c1-4-5-12(3)8-10-7-11-6-9(10)2/h1,9-11H,5-8H2,2-3H3/t9-,10+/m1/s1. The Morgan fingerprint density at radius 2 is 2.33 bits per heavy atom. The second-order valence-electron chi connectivity index (χ2n) is 3.80. The molecule has 0 saturated carbocycles. The first-order chi connectivity index (χ1) is 5.74. The number of terminal acetylenes is 1. The molecule has 0 aliphatic carbocycles. The van der Waals surface area contributed by atoms with Crippen LogP contribution in [0.25, 0.3) is 0 Å². The van der Waals surface area contributed by atoms with Crippen molar-refractivity contribution >= 4 is 0 Å². The molecular formula is C10H18N2. The molecule has 2 atom stereocenters. The molecule has 1 aliphatic heterocycles. The summed E-state index contributed by atoms with van der Waals surface area (Å²) < 4.78 is 0. The third-order valence-electron chi connectivity index (χ3n) is 2.58. The second-order valence-corrected chi connectivity index (χ2v) is 3.80. The minimum absolute atomic E-state index is 0.767. The SMILES string of the molecule is C#CCN(C)C[C@@H]1CNC[C@H]1C. The third-order valence-corrected chi connectivity index (χ3v) is 2.58. The Kier molecular flexibility index (Phi) is 3.58. The van der Waals surface area contributed by atoms with E-state index in [2.05, 4.69) is 30.1 Å². The summed E-state index contributed by atoms with van der Waals surface area (Å²) in [7, 11) is 2.09. The zero-order chi connectivity index (χ0) is 8.97. The van der Waals surface area contributed by atoms with Crippen LogP contribution in [0.5, 0.6) is 0 Å². The van der Waals surface area contributed by atoms with Crippen molar-refractivity contribution in [1.29, 1.82) is 0 Å². The number of hydrogen-bond donors (Lipinski definition) is 1. The Balaban J connectivity index is 2.26. The Hall–Kier alpha value is -0.520. The average Bonchev–Trinajstić information content (AvgIpc) is 2.37. The van der Waals surface area contributed by atoms with E-state index >= 15 is 0 Å².